The van der Waals surface area contributed by atoms with E-state index < -0.39 is 0 Å². The van der Waals surface area contributed by atoms with Gasteiger partial charge in [0.25, 0.3) is 5.56 Å². The smallest absolute Gasteiger partial charge is 0.274 e. The largest absolute Gasteiger partial charge is 0.508 e. The van der Waals surface area contributed by atoms with Crippen LogP contribution < -0.4 is 10.9 Å². The lowest BCUT2D eigenvalue weighted by Gasteiger charge is -2.36. The van der Waals surface area contributed by atoms with Gasteiger partial charge in [-0.15, -0.1) is 0 Å². The molecule has 0 spiro atoms. The summed E-state index contributed by atoms with van der Waals surface area (Å²) in [5.74, 6) is 1.21. The van der Waals surface area contributed by atoms with Gasteiger partial charge in [-0.25, -0.2) is 4.98 Å². The normalized spacial score (nSPS) is 20.7. The van der Waals surface area contributed by atoms with Gasteiger partial charge in [0.15, 0.2) is 0 Å². The van der Waals surface area contributed by atoms with Crippen LogP contribution in [0, 0.1) is 0 Å². The monoisotopic (exact) mass is 428 g/mol. The van der Waals surface area contributed by atoms with Crippen LogP contribution in [-0.4, -0.2) is 45.6 Å². The van der Waals surface area contributed by atoms with E-state index >= 15 is 0 Å². The van der Waals surface area contributed by atoms with Gasteiger partial charge in [0.05, 0.1) is 0 Å². The fraction of sp³-hybridized carbons (Fsp3) is 0.300. The Hall–Kier alpha value is -2.38. The molecule has 3 heterocycles. The first-order chi connectivity index (χ1) is 13.0. The highest BCUT2D eigenvalue weighted by Gasteiger charge is 2.27. The Morgan fingerprint density at radius 1 is 1.19 bits per heavy atom. The van der Waals surface area contributed by atoms with E-state index in [1.165, 1.54) is 9.96 Å². The molecule has 7 heteroatoms. The van der Waals surface area contributed by atoms with E-state index in [0.29, 0.717) is 21.9 Å². The Morgan fingerprint density at radius 3 is 2.74 bits per heavy atom. The topological polar surface area (TPSA) is 69.9 Å². The summed E-state index contributed by atoms with van der Waals surface area (Å²) in [6.07, 6.45) is 2.64. The van der Waals surface area contributed by atoms with E-state index in [1.54, 1.807) is 18.3 Å². The number of piperidine rings is 1. The highest BCUT2D eigenvalue weighted by atomic mass is 79.9. The molecule has 4 rings (SSSR count). The quantitative estimate of drug-likeness (QED) is 0.670. The SMILES string of the molecule is CN1C[C@H](Nc2nc3ccccn3c(=O)c2Br)C[C@H](c2ccc(O)cc2)C1. The highest BCUT2D eigenvalue weighted by molar-refractivity contribution is 9.10. The van der Waals surface area contributed by atoms with E-state index in [0.717, 1.165) is 19.5 Å². The molecule has 27 heavy (non-hydrogen) atoms. The molecule has 0 saturated carbocycles. The first-order valence-corrected chi connectivity index (χ1v) is 9.71. The zero-order chi connectivity index (χ0) is 19.0. The van der Waals surface area contributed by atoms with Gasteiger partial charge >= 0.3 is 0 Å². The molecule has 2 N–H and O–H groups in total. The first kappa shape index (κ1) is 18.0. The molecule has 2 atom stereocenters. The van der Waals surface area contributed by atoms with E-state index in [4.69, 9.17) is 0 Å². The average Bonchev–Trinajstić information content (AvgIpc) is 2.66. The summed E-state index contributed by atoms with van der Waals surface area (Å²) in [5.41, 5.74) is 1.70. The maximum absolute atomic E-state index is 12.6. The number of nitrogens with one attached hydrogen (secondary N) is 1. The van der Waals surface area contributed by atoms with Gasteiger partial charge in [0, 0.05) is 25.3 Å². The van der Waals surface area contributed by atoms with Crippen LogP contribution in [0.3, 0.4) is 0 Å². The van der Waals surface area contributed by atoms with Gasteiger partial charge in [-0.05, 0) is 65.1 Å². The number of hydrogen-bond acceptors (Lipinski definition) is 5. The number of pyridine rings is 1. The van der Waals surface area contributed by atoms with Crippen LogP contribution >= 0.6 is 15.9 Å². The van der Waals surface area contributed by atoms with Crippen molar-refractivity contribution in [2.45, 2.75) is 18.4 Å². The number of nitrogens with zero attached hydrogens (tertiary/aromatic N) is 3. The number of halogens is 1. The van der Waals surface area contributed by atoms with Crippen molar-refractivity contribution in [3.63, 3.8) is 0 Å². The Morgan fingerprint density at radius 2 is 1.96 bits per heavy atom. The predicted octanol–water partition coefficient (Wildman–Crippen LogP) is 3.06. The molecule has 6 nitrogen and oxygen atoms in total. The van der Waals surface area contributed by atoms with E-state index in [2.05, 4.69) is 38.2 Å². The molecule has 1 aliphatic heterocycles. The molecule has 0 amide bonds. The molecular formula is C20H21BrN4O2. The second-order valence-electron chi connectivity index (χ2n) is 7.10. The van der Waals surface area contributed by atoms with E-state index in [1.807, 2.05) is 30.3 Å². The van der Waals surface area contributed by atoms with Crippen molar-refractivity contribution in [2.75, 3.05) is 25.5 Å². The molecule has 1 fully saturated rings. The van der Waals surface area contributed by atoms with Crippen LogP contribution in [0.25, 0.3) is 5.65 Å². The Kier molecular flexibility index (Phi) is 4.88. The van der Waals surface area contributed by atoms with Gasteiger partial charge in [-0.1, -0.05) is 18.2 Å². The molecule has 1 saturated heterocycles. The predicted molar refractivity (Wildman–Crippen MR) is 110 cm³/mol. The van der Waals surface area contributed by atoms with Gasteiger partial charge in [0.2, 0.25) is 0 Å². The molecule has 140 valence electrons. The number of aromatic hydroxyl groups is 1. The van der Waals surface area contributed by atoms with Crippen LogP contribution in [-0.2, 0) is 0 Å². The third-order valence-corrected chi connectivity index (χ3v) is 5.73. The highest BCUT2D eigenvalue weighted by Crippen LogP contribution is 2.29. The Bertz CT molecular complexity index is 1020. The molecule has 0 aliphatic carbocycles. The Labute approximate surface area is 165 Å². The molecule has 1 aliphatic rings. The summed E-state index contributed by atoms with van der Waals surface area (Å²) in [6.45, 7) is 1.83. The number of hydrogen-bond donors (Lipinski definition) is 2. The van der Waals surface area contributed by atoms with Crippen molar-refractivity contribution in [1.29, 1.82) is 0 Å². The van der Waals surface area contributed by atoms with Crippen molar-refractivity contribution in [2.24, 2.45) is 0 Å². The standard InChI is InChI=1S/C20H21BrN4O2/c1-24-11-14(13-5-7-16(26)8-6-13)10-15(12-24)22-19-18(21)20(27)25-9-3-2-4-17(25)23-19/h2-9,14-15,22,26H,10-12H2,1H3/t14-,15+/m0/s1. The number of likely N-dealkylation sites (tertiary alicyclic amines) is 1. The molecule has 0 bridgehead atoms. The van der Waals surface area contributed by atoms with Crippen LogP contribution in [0.2, 0.25) is 0 Å². The zero-order valence-electron chi connectivity index (χ0n) is 15.0. The third kappa shape index (κ3) is 3.70. The number of benzene rings is 1. The summed E-state index contributed by atoms with van der Waals surface area (Å²) in [4.78, 5) is 19.5. The lowest BCUT2D eigenvalue weighted by molar-refractivity contribution is 0.235. The van der Waals surface area contributed by atoms with Gasteiger partial charge < -0.3 is 15.3 Å². The van der Waals surface area contributed by atoms with Crippen molar-refractivity contribution in [3.8, 4) is 5.75 Å². The zero-order valence-corrected chi connectivity index (χ0v) is 16.6. The molecule has 1 aromatic carbocycles. The minimum atomic E-state index is -0.123. The first-order valence-electron chi connectivity index (χ1n) is 8.92. The average molecular weight is 429 g/mol. The second-order valence-corrected chi connectivity index (χ2v) is 7.89. The van der Waals surface area contributed by atoms with Crippen LogP contribution in [0.15, 0.2) is 57.9 Å². The fourth-order valence-corrected chi connectivity index (χ4v) is 4.16. The summed E-state index contributed by atoms with van der Waals surface area (Å²) in [6, 6.07) is 13.1. The summed E-state index contributed by atoms with van der Waals surface area (Å²) in [7, 11) is 2.10. The minimum Gasteiger partial charge on any atom is -0.508 e. The lowest BCUT2D eigenvalue weighted by atomic mass is 9.88. The Balaban J connectivity index is 1.60. The summed E-state index contributed by atoms with van der Waals surface area (Å²) >= 11 is 3.41. The number of phenols is 1. The number of rotatable bonds is 3. The second kappa shape index (κ2) is 7.32. The van der Waals surface area contributed by atoms with Gasteiger partial charge in [-0.3, -0.25) is 9.20 Å². The summed E-state index contributed by atoms with van der Waals surface area (Å²) < 4.78 is 1.97. The van der Waals surface area contributed by atoms with Crippen molar-refractivity contribution < 1.29 is 5.11 Å². The number of anilines is 1. The lowest BCUT2D eigenvalue weighted by Crippen LogP contribution is -2.43. The maximum atomic E-state index is 12.6. The van der Waals surface area contributed by atoms with Gasteiger partial charge in [-0.2, -0.15) is 0 Å². The minimum absolute atomic E-state index is 0.123. The van der Waals surface area contributed by atoms with Crippen molar-refractivity contribution in [3.05, 3.63) is 69.1 Å². The number of aromatic nitrogens is 2. The van der Waals surface area contributed by atoms with Crippen molar-refractivity contribution >= 4 is 27.4 Å². The molecular weight excluding hydrogens is 408 g/mol. The van der Waals surface area contributed by atoms with Gasteiger partial charge in [0.1, 0.15) is 21.7 Å². The van der Waals surface area contributed by atoms with E-state index in [-0.39, 0.29) is 17.4 Å². The van der Waals surface area contributed by atoms with Crippen LogP contribution in [0.1, 0.15) is 17.9 Å². The molecule has 3 aromatic rings. The van der Waals surface area contributed by atoms with Crippen molar-refractivity contribution in [1.82, 2.24) is 14.3 Å². The van der Waals surface area contributed by atoms with Crippen LogP contribution in [0.4, 0.5) is 5.82 Å². The number of likely N-dealkylation sites (N-methyl/N-ethyl adjacent to an activating group) is 1. The fourth-order valence-electron chi connectivity index (χ4n) is 3.77. The molecule has 0 radical (unpaired) electrons. The third-order valence-electron chi connectivity index (χ3n) is 5.02. The molecule has 2 aromatic heterocycles. The number of phenolic OH excluding ortho intramolecular Hbond substituents is 1. The van der Waals surface area contributed by atoms with E-state index in [9.17, 15) is 9.90 Å². The molecule has 0 unspecified atom stereocenters. The summed E-state index contributed by atoms with van der Waals surface area (Å²) in [5, 5.41) is 13.0. The number of fused-ring (bicyclic) bond motifs is 1. The van der Waals surface area contributed by atoms with Crippen LogP contribution in [0.5, 0.6) is 5.75 Å². The maximum Gasteiger partial charge on any atom is 0.274 e.